The van der Waals surface area contributed by atoms with Gasteiger partial charge in [-0.2, -0.15) is 0 Å². The largest absolute Gasteiger partial charge is 0.351 e. The van der Waals surface area contributed by atoms with E-state index < -0.39 is 0 Å². The van der Waals surface area contributed by atoms with E-state index in [0.29, 0.717) is 34.9 Å². The van der Waals surface area contributed by atoms with Crippen LogP contribution in [0, 0.1) is 6.92 Å². The number of hydrogen-bond donors (Lipinski definition) is 3. The third kappa shape index (κ3) is 4.39. The topological polar surface area (TPSA) is 97.1 Å². The van der Waals surface area contributed by atoms with E-state index in [2.05, 4.69) is 22.5 Å². The standard InChI is InChI=1S/C17H22N4O2S/c1-3-6-14-20-11(2)15(24-14)17(23)21-13-8-5-4-7-12(13)16(22)19-10-9-18/h4-5,7-8H,3,6,9-10,18H2,1-2H3,(H,19,22)(H,21,23). The van der Waals surface area contributed by atoms with Crippen LogP contribution in [0.25, 0.3) is 0 Å². The van der Waals surface area contributed by atoms with Crippen LogP contribution in [0.2, 0.25) is 0 Å². The number of hydrogen-bond acceptors (Lipinski definition) is 5. The lowest BCUT2D eigenvalue weighted by Gasteiger charge is -2.10. The van der Waals surface area contributed by atoms with Crippen molar-refractivity contribution in [2.75, 3.05) is 18.4 Å². The molecule has 1 heterocycles. The molecule has 2 amide bonds. The molecule has 128 valence electrons. The number of thiazole rings is 1. The second-order valence-electron chi connectivity index (χ2n) is 5.32. The SMILES string of the molecule is CCCc1nc(C)c(C(=O)Nc2ccccc2C(=O)NCCN)s1. The van der Waals surface area contributed by atoms with Crippen molar-refractivity contribution in [2.45, 2.75) is 26.7 Å². The van der Waals surface area contributed by atoms with E-state index in [-0.39, 0.29) is 11.8 Å². The fourth-order valence-electron chi connectivity index (χ4n) is 2.23. The van der Waals surface area contributed by atoms with Crippen LogP contribution in [0.4, 0.5) is 5.69 Å². The first-order valence-corrected chi connectivity index (χ1v) is 8.73. The zero-order chi connectivity index (χ0) is 17.5. The maximum atomic E-state index is 12.5. The number of nitrogens with two attached hydrogens (primary N) is 1. The van der Waals surface area contributed by atoms with Crippen LogP contribution in [0.1, 0.15) is 44.1 Å². The Hall–Kier alpha value is -2.25. The smallest absolute Gasteiger partial charge is 0.267 e. The number of nitrogens with one attached hydrogen (secondary N) is 2. The summed E-state index contributed by atoms with van der Waals surface area (Å²) in [5.74, 6) is -0.504. The van der Waals surface area contributed by atoms with Gasteiger partial charge >= 0.3 is 0 Å². The molecule has 0 fully saturated rings. The number of rotatable bonds is 7. The first-order chi connectivity index (χ1) is 11.6. The molecule has 0 saturated heterocycles. The van der Waals surface area contributed by atoms with Gasteiger partial charge in [0.25, 0.3) is 11.8 Å². The summed E-state index contributed by atoms with van der Waals surface area (Å²) in [5, 5.41) is 6.48. The molecule has 0 saturated carbocycles. The number of anilines is 1. The molecule has 1 aromatic heterocycles. The monoisotopic (exact) mass is 346 g/mol. The van der Waals surface area contributed by atoms with E-state index in [0.717, 1.165) is 17.8 Å². The maximum Gasteiger partial charge on any atom is 0.267 e. The third-order valence-corrected chi connectivity index (χ3v) is 4.58. The van der Waals surface area contributed by atoms with Gasteiger partial charge in [-0.05, 0) is 31.9 Å². The second-order valence-corrected chi connectivity index (χ2v) is 6.40. The maximum absolute atomic E-state index is 12.5. The quantitative estimate of drug-likeness (QED) is 0.717. The Morgan fingerprint density at radius 1 is 1.25 bits per heavy atom. The van der Waals surface area contributed by atoms with Crippen LogP contribution < -0.4 is 16.4 Å². The molecule has 0 aliphatic carbocycles. The van der Waals surface area contributed by atoms with Crippen molar-refractivity contribution in [3.8, 4) is 0 Å². The van der Waals surface area contributed by atoms with Crippen molar-refractivity contribution in [1.82, 2.24) is 10.3 Å². The van der Waals surface area contributed by atoms with E-state index in [4.69, 9.17) is 5.73 Å². The Kier molecular flexibility index (Phi) is 6.45. The minimum absolute atomic E-state index is 0.244. The van der Waals surface area contributed by atoms with Gasteiger partial charge in [0.05, 0.1) is 22.0 Å². The summed E-state index contributed by atoms with van der Waals surface area (Å²) in [6.45, 7) is 4.65. The fraction of sp³-hybridized carbons (Fsp3) is 0.353. The number of carbonyl (C=O) groups excluding carboxylic acids is 2. The Morgan fingerprint density at radius 2 is 2.00 bits per heavy atom. The summed E-state index contributed by atoms with van der Waals surface area (Å²) in [4.78, 5) is 29.7. The van der Waals surface area contributed by atoms with Crippen molar-refractivity contribution in [2.24, 2.45) is 5.73 Å². The molecule has 24 heavy (non-hydrogen) atoms. The molecule has 0 aliphatic rings. The molecule has 0 aliphatic heterocycles. The zero-order valence-electron chi connectivity index (χ0n) is 13.9. The first-order valence-electron chi connectivity index (χ1n) is 7.91. The van der Waals surface area contributed by atoms with Crippen molar-refractivity contribution >= 4 is 28.8 Å². The normalized spacial score (nSPS) is 10.5. The van der Waals surface area contributed by atoms with Gasteiger partial charge in [-0.25, -0.2) is 4.98 Å². The predicted octanol–water partition coefficient (Wildman–Crippen LogP) is 2.34. The number of aromatic nitrogens is 1. The van der Waals surface area contributed by atoms with E-state index in [9.17, 15) is 9.59 Å². The summed E-state index contributed by atoms with van der Waals surface area (Å²) in [7, 11) is 0. The fourth-order valence-corrected chi connectivity index (χ4v) is 3.30. The lowest BCUT2D eigenvalue weighted by molar-refractivity contribution is 0.0955. The average Bonchev–Trinajstić information content (AvgIpc) is 2.94. The van der Waals surface area contributed by atoms with Crippen molar-refractivity contribution in [3.05, 3.63) is 45.4 Å². The van der Waals surface area contributed by atoms with Gasteiger partial charge in [-0.15, -0.1) is 11.3 Å². The molecule has 7 heteroatoms. The van der Waals surface area contributed by atoms with Gasteiger partial charge in [0.1, 0.15) is 4.88 Å². The number of amides is 2. The first kappa shape index (κ1) is 18.1. The summed E-state index contributed by atoms with van der Waals surface area (Å²) >= 11 is 1.40. The lowest BCUT2D eigenvalue weighted by atomic mass is 10.1. The molecule has 2 aromatic rings. The Bertz CT molecular complexity index is 727. The highest BCUT2D eigenvalue weighted by Crippen LogP contribution is 2.22. The number of para-hydroxylation sites is 1. The Balaban J connectivity index is 2.19. The van der Waals surface area contributed by atoms with Crippen molar-refractivity contribution in [3.63, 3.8) is 0 Å². The van der Waals surface area contributed by atoms with Crippen LogP contribution in [-0.2, 0) is 6.42 Å². The number of carbonyl (C=O) groups is 2. The molecule has 2 rings (SSSR count). The zero-order valence-corrected chi connectivity index (χ0v) is 14.7. The number of nitrogens with zero attached hydrogens (tertiary/aromatic N) is 1. The molecule has 4 N–H and O–H groups in total. The highest BCUT2D eigenvalue weighted by atomic mass is 32.1. The molecule has 0 atom stereocenters. The van der Waals surface area contributed by atoms with E-state index in [1.807, 2.05) is 6.92 Å². The van der Waals surface area contributed by atoms with Gasteiger partial charge in [0.15, 0.2) is 0 Å². The minimum atomic E-state index is -0.260. The van der Waals surface area contributed by atoms with Gasteiger partial charge in [0, 0.05) is 13.1 Å². The van der Waals surface area contributed by atoms with Crippen LogP contribution in [0.5, 0.6) is 0 Å². The van der Waals surface area contributed by atoms with Crippen LogP contribution in [0.15, 0.2) is 24.3 Å². The summed E-state index contributed by atoms with van der Waals surface area (Å²) in [5.41, 5.74) is 7.00. The molecule has 0 spiro atoms. The second kappa shape index (κ2) is 8.56. The van der Waals surface area contributed by atoms with Gasteiger partial charge < -0.3 is 16.4 Å². The number of benzene rings is 1. The van der Waals surface area contributed by atoms with Crippen molar-refractivity contribution < 1.29 is 9.59 Å². The van der Waals surface area contributed by atoms with Crippen LogP contribution >= 0.6 is 11.3 Å². The number of aryl methyl sites for hydroxylation is 2. The third-order valence-electron chi connectivity index (χ3n) is 3.36. The molecule has 0 unspecified atom stereocenters. The predicted molar refractivity (Wildman–Crippen MR) is 96.6 cm³/mol. The average molecular weight is 346 g/mol. The minimum Gasteiger partial charge on any atom is -0.351 e. The van der Waals surface area contributed by atoms with Gasteiger partial charge in [-0.1, -0.05) is 19.1 Å². The lowest BCUT2D eigenvalue weighted by Crippen LogP contribution is -2.29. The molecular weight excluding hydrogens is 324 g/mol. The van der Waals surface area contributed by atoms with E-state index in [1.165, 1.54) is 11.3 Å². The summed E-state index contributed by atoms with van der Waals surface area (Å²) in [6.07, 6.45) is 1.84. The summed E-state index contributed by atoms with van der Waals surface area (Å²) in [6, 6.07) is 6.91. The van der Waals surface area contributed by atoms with Crippen LogP contribution in [-0.4, -0.2) is 29.9 Å². The molecule has 0 radical (unpaired) electrons. The van der Waals surface area contributed by atoms with E-state index in [1.54, 1.807) is 24.3 Å². The Labute approximate surface area is 145 Å². The van der Waals surface area contributed by atoms with Crippen LogP contribution in [0.3, 0.4) is 0 Å². The van der Waals surface area contributed by atoms with E-state index >= 15 is 0 Å². The van der Waals surface area contributed by atoms with Crippen molar-refractivity contribution in [1.29, 1.82) is 0 Å². The van der Waals surface area contributed by atoms with Gasteiger partial charge in [0.2, 0.25) is 0 Å². The van der Waals surface area contributed by atoms with Gasteiger partial charge in [-0.3, -0.25) is 9.59 Å². The highest BCUT2D eigenvalue weighted by molar-refractivity contribution is 7.13. The molecule has 1 aromatic carbocycles. The molecule has 0 bridgehead atoms. The molecule has 6 nitrogen and oxygen atoms in total. The summed E-state index contributed by atoms with van der Waals surface area (Å²) < 4.78 is 0. The highest BCUT2D eigenvalue weighted by Gasteiger charge is 2.18. The molecular formula is C17H22N4O2S. The Morgan fingerprint density at radius 3 is 2.71 bits per heavy atom.